The number of aromatic nitrogens is 3. The van der Waals surface area contributed by atoms with Crippen molar-refractivity contribution in [1.29, 1.82) is 0 Å². The predicted molar refractivity (Wildman–Crippen MR) is 56.4 cm³/mol. The summed E-state index contributed by atoms with van der Waals surface area (Å²) in [6, 6.07) is 0. The van der Waals surface area contributed by atoms with E-state index in [1.54, 1.807) is 0 Å². The van der Waals surface area contributed by atoms with E-state index in [1.165, 1.54) is 12.4 Å². The van der Waals surface area contributed by atoms with Crippen LogP contribution in [0, 0.1) is 0 Å². The van der Waals surface area contributed by atoms with Crippen molar-refractivity contribution in [2.75, 3.05) is 0 Å². The smallest absolute Gasteiger partial charge is 0.365 e. The fourth-order valence-corrected chi connectivity index (χ4v) is 1.81. The Morgan fingerprint density at radius 1 is 1.35 bits per heavy atom. The summed E-state index contributed by atoms with van der Waals surface area (Å²) in [5.74, 6) is -2.70. The van der Waals surface area contributed by atoms with Crippen molar-refractivity contribution in [2.45, 2.75) is 11.3 Å². The van der Waals surface area contributed by atoms with Crippen LogP contribution in [-0.2, 0) is 19.7 Å². The van der Waals surface area contributed by atoms with E-state index in [9.17, 15) is 26.4 Å². The first-order chi connectivity index (χ1) is 9.20. The third kappa shape index (κ3) is 2.85. The Kier molecular flexibility index (Phi) is 3.35. The number of hydrogen-bond donors (Lipinski definition) is 2. The molecule has 0 atom stereocenters. The first-order valence-electron chi connectivity index (χ1n) is 4.79. The van der Waals surface area contributed by atoms with Crippen molar-refractivity contribution < 1.29 is 31.2 Å². The summed E-state index contributed by atoms with van der Waals surface area (Å²) in [5, 5.41) is -0.337. The van der Waals surface area contributed by atoms with Gasteiger partial charge in [-0.1, -0.05) is 0 Å². The minimum Gasteiger partial charge on any atom is -0.365 e. The Morgan fingerprint density at radius 2 is 2.05 bits per heavy atom. The standard InChI is InChI=1S/C8H5F3N4O4S/c9-8(10,11)6(16)19-15-20(17,18)7-13-2-4-1-12-3-5(4)14-7/h1-3,12,15H. The number of halogens is 3. The molecule has 0 amide bonds. The largest absolute Gasteiger partial charge is 0.492 e. The van der Waals surface area contributed by atoms with Gasteiger partial charge in [0, 0.05) is 24.0 Å². The molecule has 2 aromatic heterocycles. The van der Waals surface area contributed by atoms with E-state index in [0.717, 1.165) is 11.1 Å². The minimum atomic E-state index is -5.33. The van der Waals surface area contributed by atoms with Crippen molar-refractivity contribution in [3.63, 3.8) is 0 Å². The molecule has 2 rings (SSSR count). The molecular formula is C8H5F3N4O4S. The molecule has 2 N–H and O–H groups in total. The maximum Gasteiger partial charge on any atom is 0.492 e. The summed E-state index contributed by atoms with van der Waals surface area (Å²) in [7, 11) is -4.61. The van der Waals surface area contributed by atoms with Gasteiger partial charge in [-0.05, 0) is 4.89 Å². The SMILES string of the molecule is O=C(ONS(=O)(=O)c1ncc2c[nH]cc2n1)C(F)(F)F. The summed E-state index contributed by atoms with van der Waals surface area (Å²) in [5.41, 5.74) is 0.225. The number of fused-ring (bicyclic) bond motifs is 1. The second-order valence-electron chi connectivity index (χ2n) is 3.42. The molecule has 2 heterocycles. The van der Waals surface area contributed by atoms with Crippen molar-refractivity contribution in [3.8, 4) is 0 Å². The van der Waals surface area contributed by atoms with Crippen molar-refractivity contribution in [1.82, 2.24) is 19.8 Å². The first kappa shape index (κ1) is 14.2. The van der Waals surface area contributed by atoms with E-state index >= 15 is 0 Å². The van der Waals surface area contributed by atoms with Crippen LogP contribution >= 0.6 is 0 Å². The monoisotopic (exact) mass is 310 g/mol. The third-order valence-electron chi connectivity index (χ3n) is 2.00. The van der Waals surface area contributed by atoms with Gasteiger partial charge in [0.25, 0.3) is 5.16 Å². The summed E-state index contributed by atoms with van der Waals surface area (Å²) in [6.07, 6.45) is -1.34. The highest BCUT2D eigenvalue weighted by Crippen LogP contribution is 2.16. The number of H-pyrrole nitrogens is 1. The Bertz CT molecular complexity index is 754. The Labute approximate surface area is 109 Å². The highest BCUT2D eigenvalue weighted by molar-refractivity contribution is 7.89. The molecule has 0 spiro atoms. The molecule has 12 heteroatoms. The summed E-state index contributed by atoms with van der Waals surface area (Å²) in [6.45, 7) is 0. The van der Waals surface area contributed by atoms with Crippen molar-refractivity contribution in [2.24, 2.45) is 0 Å². The number of rotatable bonds is 3. The molecular weight excluding hydrogens is 305 g/mol. The number of hydrogen-bond acceptors (Lipinski definition) is 6. The topological polar surface area (TPSA) is 114 Å². The fraction of sp³-hybridized carbons (Fsp3) is 0.125. The maximum absolute atomic E-state index is 11.8. The highest BCUT2D eigenvalue weighted by Gasteiger charge is 2.42. The average molecular weight is 310 g/mol. The molecule has 8 nitrogen and oxygen atoms in total. The van der Waals surface area contributed by atoms with Gasteiger partial charge in [0.2, 0.25) is 0 Å². The van der Waals surface area contributed by atoms with Crippen LogP contribution < -0.4 is 4.89 Å². The number of nitrogens with one attached hydrogen (secondary N) is 2. The van der Waals surface area contributed by atoms with Crippen LogP contribution in [0.2, 0.25) is 0 Å². The molecule has 0 fully saturated rings. The van der Waals surface area contributed by atoms with E-state index in [2.05, 4.69) is 19.8 Å². The number of nitrogens with zero attached hydrogens (tertiary/aromatic N) is 2. The van der Waals surface area contributed by atoms with Crippen molar-refractivity contribution in [3.05, 3.63) is 18.6 Å². The zero-order valence-electron chi connectivity index (χ0n) is 9.30. The van der Waals surface area contributed by atoms with Gasteiger partial charge >= 0.3 is 22.2 Å². The third-order valence-corrected chi connectivity index (χ3v) is 2.98. The number of aromatic amines is 1. The number of carbonyl (C=O) groups is 1. The lowest BCUT2D eigenvalue weighted by Crippen LogP contribution is -2.35. The first-order valence-corrected chi connectivity index (χ1v) is 6.28. The number of carbonyl (C=O) groups excluding carboxylic acids is 1. The Balaban J connectivity index is 2.20. The normalized spacial score (nSPS) is 12.6. The van der Waals surface area contributed by atoms with E-state index < -0.39 is 27.3 Å². The predicted octanol–water partition coefficient (Wildman–Crippen LogP) is 0.257. The molecule has 0 unspecified atom stereocenters. The second-order valence-corrected chi connectivity index (χ2v) is 4.96. The van der Waals surface area contributed by atoms with Gasteiger partial charge in [-0.2, -0.15) is 13.2 Å². The maximum atomic E-state index is 11.8. The van der Waals surface area contributed by atoms with Crippen LogP contribution in [0.15, 0.2) is 23.7 Å². The Morgan fingerprint density at radius 3 is 2.70 bits per heavy atom. The quantitative estimate of drug-likeness (QED) is 0.621. The fourth-order valence-electron chi connectivity index (χ4n) is 1.14. The van der Waals surface area contributed by atoms with Gasteiger partial charge < -0.3 is 9.82 Å². The molecule has 0 aromatic carbocycles. The summed E-state index contributed by atoms with van der Waals surface area (Å²) in [4.78, 5) is 24.5. The van der Waals surface area contributed by atoms with Crippen LogP contribution in [-0.4, -0.2) is 35.5 Å². The average Bonchev–Trinajstić information content (AvgIpc) is 2.81. The van der Waals surface area contributed by atoms with Crippen LogP contribution in [0.1, 0.15) is 0 Å². The molecule has 0 aliphatic heterocycles. The van der Waals surface area contributed by atoms with Gasteiger partial charge in [-0.15, -0.1) is 0 Å². The molecule has 0 saturated carbocycles. The molecule has 0 saturated heterocycles. The lowest BCUT2D eigenvalue weighted by molar-refractivity contribution is -0.203. The van der Waals surface area contributed by atoms with E-state index in [1.807, 2.05) is 0 Å². The van der Waals surface area contributed by atoms with Gasteiger partial charge in [0.1, 0.15) is 0 Å². The van der Waals surface area contributed by atoms with Crippen LogP contribution in [0.4, 0.5) is 13.2 Å². The number of alkyl halides is 3. The van der Waals surface area contributed by atoms with Crippen LogP contribution in [0.5, 0.6) is 0 Å². The van der Waals surface area contributed by atoms with Crippen molar-refractivity contribution >= 4 is 26.9 Å². The van der Waals surface area contributed by atoms with Gasteiger partial charge in [-0.3, -0.25) is 0 Å². The van der Waals surface area contributed by atoms with E-state index in [0.29, 0.717) is 5.39 Å². The molecule has 2 aromatic rings. The lowest BCUT2D eigenvalue weighted by Gasteiger charge is -2.07. The van der Waals surface area contributed by atoms with Crippen LogP contribution in [0.25, 0.3) is 10.9 Å². The van der Waals surface area contributed by atoms with Gasteiger partial charge in [-0.25, -0.2) is 23.2 Å². The van der Waals surface area contributed by atoms with Crippen LogP contribution in [0.3, 0.4) is 0 Å². The second kappa shape index (κ2) is 4.72. The molecule has 0 aliphatic carbocycles. The summed E-state index contributed by atoms with van der Waals surface area (Å²) < 4.78 is 58.6. The molecule has 108 valence electrons. The minimum absolute atomic E-state index is 0.225. The highest BCUT2D eigenvalue weighted by atomic mass is 32.2. The zero-order valence-corrected chi connectivity index (χ0v) is 10.1. The molecule has 20 heavy (non-hydrogen) atoms. The number of sulfonamides is 1. The van der Waals surface area contributed by atoms with Gasteiger partial charge in [0.05, 0.1) is 5.52 Å². The van der Waals surface area contributed by atoms with Gasteiger partial charge in [0.15, 0.2) is 0 Å². The lowest BCUT2D eigenvalue weighted by atomic mass is 10.4. The molecule has 0 bridgehead atoms. The zero-order chi connectivity index (χ0) is 15.0. The van der Waals surface area contributed by atoms with E-state index in [4.69, 9.17) is 0 Å². The van der Waals surface area contributed by atoms with E-state index in [-0.39, 0.29) is 5.52 Å². The molecule has 0 radical (unpaired) electrons. The Hall–Kier alpha value is -2.21. The summed E-state index contributed by atoms with van der Waals surface area (Å²) >= 11 is 0. The molecule has 0 aliphatic rings.